The molecule has 1 aromatic heterocycles. The van der Waals surface area contributed by atoms with Gasteiger partial charge < -0.3 is 9.32 Å². The minimum absolute atomic E-state index is 0.0759. The van der Waals surface area contributed by atoms with Crippen LogP contribution in [0.1, 0.15) is 76.3 Å². The molecule has 0 unspecified atom stereocenters. The van der Waals surface area contributed by atoms with Gasteiger partial charge in [0.15, 0.2) is 5.76 Å². The van der Waals surface area contributed by atoms with Gasteiger partial charge in [-0.3, -0.25) is 19.7 Å². The number of hydrogen-bond acceptors (Lipinski definition) is 6. The van der Waals surface area contributed by atoms with Gasteiger partial charge in [-0.25, -0.2) is 5.43 Å². The van der Waals surface area contributed by atoms with Crippen molar-refractivity contribution < 1.29 is 18.9 Å². The lowest BCUT2D eigenvalue weighted by molar-refractivity contribution is -0.384. The number of furan rings is 1. The van der Waals surface area contributed by atoms with Crippen LogP contribution in [-0.2, 0) is 6.42 Å². The van der Waals surface area contributed by atoms with Crippen molar-refractivity contribution in [2.45, 2.75) is 51.9 Å². The summed E-state index contributed by atoms with van der Waals surface area (Å²) in [5.41, 5.74) is 4.97. The molecule has 0 radical (unpaired) electrons. The van der Waals surface area contributed by atoms with E-state index in [0.29, 0.717) is 17.9 Å². The maximum absolute atomic E-state index is 13.1. The summed E-state index contributed by atoms with van der Waals surface area (Å²) in [7, 11) is 0. The minimum Gasteiger partial charge on any atom is -0.455 e. The lowest BCUT2D eigenvalue weighted by Crippen LogP contribution is -2.32. The van der Waals surface area contributed by atoms with Gasteiger partial charge in [0, 0.05) is 48.3 Å². The van der Waals surface area contributed by atoms with Gasteiger partial charge in [0.25, 0.3) is 17.5 Å². The minimum atomic E-state index is -0.516. The first-order valence-electron chi connectivity index (χ1n) is 11.0. The van der Waals surface area contributed by atoms with Crippen LogP contribution in [0, 0.1) is 17.0 Å². The van der Waals surface area contributed by atoms with Crippen LogP contribution in [0.4, 0.5) is 5.69 Å². The summed E-state index contributed by atoms with van der Waals surface area (Å²) in [5.74, 6) is 0.568. The highest BCUT2D eigenvalue weighted by atomic mass is 16.6. The molecule has 4 rings (SSSR count). The molecule has 1 aliphatic carbocycles. The van der Waals surface area contributed by atoms with E-state index in [-0.39, 0.29) is 17.2 Å². The van der Waals surface area contributed by atoms with E-state index in [1.807, 2.05) is 11.8 Å². The fraction of sp³-hybridized carbons (Fsp3) is 0.435. The van der Waals surface area contributed by atoms with Crippen molar-refractivity contribution in [3.8, 4) is 0 Å². The first kappa shape index (κ1) is 21.7. The highest BCUT2D eigenvalue weighted by Crippen LogP contribution is 2.31. The number of carbonyl (C=O) groups is 2. The second kappa shape index (κ2) is 9.33. The molecular weight excluding hydrogens is 412 g/mol. The Morgan fingerprint density at radius 1 is 1.06 bits per heavy atom. The number of nitro groups is 1. The predicted octanol–water partition coefficient (Wildman–Crippen LogP) is 3.98. The molecule has 9 heteroatoms. The molecule has 2 aromatic rings. The number of fused-ring (bicyclic) bond motifs is 1. The fourth-order valence-corrected chi connectivity index (χ4v) is 4.32. The van der Waals surface area contributed by atoms with E-state index < -0.39 is 10.8 Å². The number of non-ortho nitro benzene ring substituents is 1. The molecule has 2 aliphatic rings. The SMILES string of the molecule is Cc1c(C(=O)N2CCCCCC2)oc2c1/C(=N/NC(=O)c1ccc([N+](=O)[O-])cc1)CCC2. The second-order valence-corrected chi connectivity index (χ2v) is 8.22. The molecule has 168 valence electrons. The van der Waals surface area contributed by atoms with Crippen LogP contribution >= 0.6 is 0 Å². The number of hydrogen-bond donors (Lipinski definition) is 1. The van der Waals surface area contributed by atoms with Crippen LogP contribution in [0.15, 0.2) is 33.8 Å². The molecule has 2 heterocycles. The Labute approximate surface area is 185 Å². The smallest absolute Gasteiger partial charge is 0.289 e. The summed E-state index contributed by atoms with van der Waals surface area (Å²) in [6.45, 7) is 3.36. The van der Waals surface area contributed by atoms with Gasteiger partial charge in [0.05, 0.1) is 10.6 Å². The zero-order chi connectivity index (χ0) is 22.7. The molecule has 32 heavy (non-hydrogen) atoms. The largest absolute Gasteiger partial charge is 0.455 e. The van der Waals surface area contributed by atoms with Gasteiger partial charge >= 0.3 is 0 Å². The molecule has 2 amide bonds. The highest BCUT2D eigenvalue weighted by Gasteiger charge is 2.30. The quantitative estimate of drug-likeness (QED) is 0.572. The number of nitrogens with zero attached hydrogens (tertiary/aromatic N) is 3. The van der Waals surface area contributed by atoms with Crippen LogP contribution in [0.2, 0.25) is 0 Å². The van der Waals surface area contributed by atoms with Crippen molar-refractivity contribution in [2.75, 3.05) is 13.1 Å². The molecular formula is C23H26N4O5. The van der Waals surface area contributed by atoms with Gasteiger partial charge in [0.2, 0.25) is 0 Å². The Morgan fingerprint density at radius 2 is 1.75 bits per heavy atom. The number of aryl methyl sites for hydroxylation is 1. The third kappa shape index (κ3) is 4.42. The summed E-state index contributed by atoms with van der Waals surface area (Å²) in [5, 5.41) is 15.1. The Bertz CT molecular complexity index is 1060. The van der Waals surface area contributed by atoms with Crippen LogP contribution < -0.4 is 5.43 Å². The monoisotopic (exact) mass is 438 g/mol. The van der Waals surface area contributed by atoms with Crippen LogP contribution in [0.3, 0.4) is 0 Å². The highest BCUT2D eigenvalue weighted by molar-refractivity contribution is 6.07. The van der Waals surface area contributed by atoms with Crippen LogP contribution in [0.25, 0.3) is 0 Å². The predicted molar refractivity (Wildman–Crippen MR) is 118 cm³/mol. The molecule has 0 saturated carbocycles. The second-order valence-electron chi connectivity index (χ2n) is 8.22. The number of amides is 2. The van der Waals surface area contributed by atoms with E-state index >= 15 is 0 Å². The Morgan fingerprint density at radius 3 is 2.41 bits per heavy atom. The zero-order valence-electron chi connectivity index (χ0n) is 18.1. The van der Waals surface area contributed by atoms with Gasteiger partial charge in [-0.15, -0.1) is 0 Å². The summed E-state index contributed by atoms with van der Waals surface area (Å²) < 4.78 is 6.00. The van der Waals surface area contributed by atoms with Gasteiger partial charge in [-0.2, -0.15) is 5.10 Å². The van der Waals surface area contributed by atoms with Crippen molar-refractivity contribution in [3.63, 3.8) is 0 Å². The molecule has 0 bridgehead atoms. The molecule has 1 saturated heterocycles. The van der Waals surface area contributed by atoms with Gasteiger partial charge in [-0.1, -0.05) is 12.8 Å². The molecule has 0 atom stereocenters. The van der Waals surface area contributed by atoms with E-state index in [4.69, 9.17) is 4.42 Å². The van der Waals surface area contributed by atoms with Crippen molar-refractivity contribution >= 4 is 23.2 Å². The molecule has 1 aliphatic heterocycles. The van der Waals surface area contributed by atoms with Crippen molar-refractivity contribution in [1.82, 2.24) is 10.3 Å². The number of rotatable bonds is 4. The third-order valence-corrected chi connectivity index (χ3v) is 6.05. The Hall–Kier alpha value is -3.49. The first-order chi connectivity index (χ1) is 15.5. The average Bonchev–Trinajstić information content (AvgIpc) is 2.97. The van der Waals surface area contributed by atoms with Crippen molar-refractivity contribution in [2.24, 2.45) is 5.10 Å². The van der Waals surface area contributed by atoms with E-state index in [2.05, 4.69) is 10.5 Å². The number of nitrogens with one attached hydrogen (secondary N) is 1. The normalized spacial score (nSPS) is 17.5. The fourth-order valence-electron chi connectivity index (χ4n) is 4.32. The summed E-state index contributed by atoms with van der Waals surface area (Å²) in [4.78, 5) is 37.7. The molecule has 1 aromatic carbocycles. The van der Waals surface area contributed by atoms with Gasteiger partial charge in [-0.05, 0) is 44.7 Å². The summed E-state index contributed by atoms with van der Waals surface area (Å²) >= 11 is 0. The van der Waals surface area contributed by atoms with Gasteiger partial charge in [0.1, 0.15) is 5.76 Å². The number of carbonyl (C=O) groups excluding carboxylic acids is 2. The maximum atomic E-state index is 13.1. The summed E-state index contributed by atoms with van der Waals surface area (Å²) in [6, 6.07) is 5.34. The average molecular weight is 438 g/mol. The van der Waals surface area contributed by atoms with Crippen molar-refractivity contribution in [3.05, 3.63) is 62.6 Å². The van der Waals surface area contributed by atoms with Crippen molar-refractivity contribution in [1.29, 1.82) is 0 Å². The third-order valence-electron chi connectivity index (χ3n) is 6.05. The Balaban J connectivity index is 1.54. The van der Waals surface area contributed by atoms with E-state index in [1.54, 1.807) is 0 Å². The number of hydrazone groups is 1. The lowest BCUT2D eigenvalue weighted by atomic mass is 9.93. The topological polar surface area (TPSA) is 118 Å². The standard InChI is InChI=1S/C23H26N4O5/c1-15-20-18(24-25-22(28)16-9-11-17(12-10-16)27(30)31)7-6-8-19(20)32-21(15)23(29)26-13-4-2-3-5-14-26/h9-12H,2-8,13-14H2,1H3,(H,25,28)/b24-18+. The van der Waals surface area contributed by atoms with E-state index in [1.165, 1.54) is 24.3 Å². The molecule has 1 N–H and O–H groups in total. The number of benzene rings is 1. The van der Waals surface area contributed by atoms with Crippen LogP contribution in [-0.4, -0.2) is 40.4 Å². The van der Waals surface area contributed by atoms with E-state index in [9.17, 15) is 19.7 Å². The Kier molecular flexibility index (Phi) is 6.34. The molecule has 0 spiro atoms. The van der Waals surface area contributed by atoms with E-state index in [0.717, 1.165) is 68.5 Å². The summed E-state index contributed by atoms with van der Waals surface area (Å²) in [6.07, 6.45) is 6.48. The zero-order valence-corrected chi connectivity index (χ0v) is 18.1. The lowest BCUT2D eigenvalue weighted by Gasteiger charge is -2.19. The molecule has 9 nitrogen and oxygen atoms in total. The maximum Gasteiger partial charge on any atom is 0.289 e. The molecule has 1 fully saturated rings. The first-order valence-corrected chi connectivity index (χ1v) is 11.0. The number of likely N-dealkylation sites (tertiary alicyclic amines) is 1. The number of nitro benzene ring substituents is 1. The van der Waals surface area contributed by atoms with Crippen LogP contribution in [0.5, 0.6) is 0 Å².